The Hall–Kier alpha value is 0.692. The molecule has 2 saturated heterocycles. The first-order valence-electron chi connectivity index (χ1n) is 6.22. The number of aliphatic hydroxyl groups is 6. The molecular weight excluding hydrogens is 514 g/mol. The SMILES string of the molecule is OCC1O[C@@H](OC[C@H]2O[CH-]C(O)C2O)C(O)C(O)[C@H]1O.[U]. The normalized spacial score (nSPS) is 47.1. The molecule has 0 aromatic heterocycles. The zero-order chi connectivity index (χ0) is 14.9. The number of ether oxygens (including phenoxy) is 3. The molecule has 21 heavy (non-hydrogen) atoms. The zero-order valence-corrected chi connectivity index (χ0v) is 15.2. The molecule has 8 atom stereocenters. The maximum Gasteiger partial charge on any atom is 0.186 e. The quantitative estimate of drug-likeness (QED) is 0.200. The summed E-state index contributed by atoms with van der Waals surface area (Å²) in [5, 5.41) is 56.6. The zero-order valence-electron chi connectivity index (χ0n) is 11.0. The van der Waals surface area contributed by atoms with Crippen molar-refractivity contribution in [2.45, 2.75) is 49.0 Å². The smallest absolute Gasteiger partial charge is 0.186 e. The average Bonchev–Trinajstić information content (AvgIpc) is 2.76. The minimum absolute atomic E-state index is 0. The van der Waals surface area contributed by atoms with Crippen molar-refractivity contribution < 1.29 is 76.0 Å². The van der Waals surface area contributed by atoms with E-state index < -0.39 is 55.6 Å². The minimum Gasteiger partial charge on any atom is -0.544 e. The molecule has 2 rings (SSSR count). The molecule has 2 aliphatic rings. The second kappa shape index (κ2) is 8.52. The van der Waals surface area contributed by atoms with Crippen LogP contribution in [0.4, 0.5) is 0 Å². The summed E-state index contributed by atoms with van der Waals surface area (Å²) >= 11 is 0. The van der Waals surface area contributed by atoms with Crippen LogP contribution < -0.4 is 0 Å². The van der Waals surface area contributed by atoms with Crippen LogP contribution in [0.25, 0.3) is 0 Å². The van der Waals surface area contributed by atoms with Crippen molar-refractivity contribution in [1.82, 2.24) is 0 Å². The van der Waals surface area contributed by atoms with Crippen molar-refractivity contribution in [3.8, 4) is 0 Å². The molecule has 0 amide bonds. The fraction of sp³-hybridized carbons (Fsp3) is 0.909. The van der Waals surface area contributed by atoms with Crippen LogP contribution in [-0.4, -0.2) is 92.9 Å². The van der Waals surface area contributed by atoms with E-state index in [0.717, 1.165) is 6.61 Å². The number of rotatable bonds is 4. The van der Waals surface area contributed by atoms with Crippen molar-refractivity contribution in [1.29, 1.82) is 0 Å². The van der Waals surface area contributed by atoms with Gasteiger partial charge < -0.3 is 44.8 Å². The van der Waals surface area contributed by atoms with Crippen LogP contribution >= 0.6 is 0 Å². The van der Waals surface area contributed by atoms with Crippen molar-refractivity contribution in [3.05, 3.63) is 6.61 Å². The molecule has 6 N–H and O–H groups in total. The molecule has 0 aliphatic carbocycles. The fourth-order valence-electron chi connectivity index (χ4n) is 2.09. The fourth-order valence-corrected chi connectivity index (χ4v) is 2.09. The van der Waals surface area contributed by atoms with E-state index in [0.29, 0.717) is 0 Å². The van der Waals surface area contributed by atoms with Crippen LogP contribution in [0.2, 0.25) is 0 Å². The summed E-state index contributed by atoms with van der Waals surface area (Å²) in [5.74, 6) is 0. The van der Waals surface area contributed by atoms with Crippen LogP contribution in [0.3, 0.4) is 0 Å². The van der Waals surface area contributed by atoms with Crippen molar-refractivity contribution in [3.63, 3.8) is 0 Å². The molecule has 0 aromatic rings. The molecule has 2 heterocycles. The summed E-state index contributed by atoms with van der Waals surface area (Å²) in [6, 6.07) is 0. The maximum atomic E-state index is 9.71. The first-order valence-corrected chi connectivity index (χ1v) is 6.22. The molecule has 0 radical (unpaired) electrons. The number of aliphatic hydroxyl groups excluding tert-OH is 6. The van der Waals surface area contributed by atoms with E-state index in [-0.39, 0.29) is 37.7 Å². The molecule has 2 aliphatic heterocycles. The van der Waals surface area contributed by atoms with Crippen LogP contribution in [0.1, 0.15) is 0 Å². The predicted octanol–water partition coefficient (Wildman–Crippen LogP) is -3.91. The Morgan fingerprint density at radius 2 is 1.57 bits per heavy atom. The third-order valence-corrected chi connectivity index (χ3v) is 3.40. The molecule has 2 fully saturated rings. The van der Waals surface area contributed by atoms with Gasteiger partial charge in [0.25, 0.3) is 0 Å². The van der Waals surface area contributed by atoms with Crippen LogP contribution in [0.5, 0.6) is 0 Å². The Morgan fingerprint density at radius 1 is 0.905 bits per heavy atom. The molecule has 122 valence electrons. The van der Waals surface area contributed by atoms with Gasteiger partial charge in [0.15, 0.2) is 6.29 Å². The second-order valence-electron chi connectivity index (χ2n) is 4.82. The van der Waals surface area contributed by atoms with Gasteiger partial charge in [-0.15, -0.1) is 0 Å². The Labute approximate surface area is 144 Å². The van der Waals surface area contributed by atoms with Gasteiger partial charge in [0, 0.05) is 31.1 Å². The summed E-state index contributed by atoms with van der Waals surface area (Å²) in [4.78, 5) is 0. The van der Waals surface area contributed by atoms with E-state index in [1.54, 1.807) is 0 Å². The van der Waals surface area contributed by atoms with Crippen LogP contribution in [0.15, 0.2) is 0 Å². The van der Waals surface area contributed by atoms with E-state index in [1.807, 2.05) is 0 Å². The number of hydrogen-bond donors (Lipinski definition) is 6. The Kier molecular flexibility index (Phi) is 8.01. The van der Waals surface area contributed by atoms with E-state index >= 15 is 0 Å². The molecule has 5 unspecified atom stereocenters. The molecule has 0 bridgehead atoms. The van der Waals surface area contributed by atoms with E-state index in [9.17, 15) is 25.5 Å². The summed E-state index contributed by atoms with van der Waals surface area (Å²) in [7, 11) is 0. The third kappa shape index (κ3) is 4.37. The Bertz CT molecular complexity index is 318. The molecule has 0 aromatic carbocycles. The largest absolute Gasteiger partial charge is 0.544 e. The molecular formula is C11H19O9U-. The van der Waals surface area contributed by atoms with E-state index in [4.69, 9.17) is 19.3 Å². The molecule has 9 nitrogen and oxygen atoms in total. The standard InChI is InChI=1S/C11H19O9.U/c12-1-5-8(15)9(16)10(17)11(20-5)19-3-6-7(14)4(13)2-18-6;/h2,4-17H,1,3H2;/q-1;/t4?,5?,6-,7?,8+,9?,10?,11-;/m1./s1. The Morgan fingerprint density at radius 3 is 2.10 bits per heavy atom. The molecule has 0 saturated carbocycles. The average molecular weight is 533 g/mol. The van der Waals surface area contributed by atoms with Gasteiger partial charge >= 0.3 is 0 Å². The summed E-state index contributed by atoms with van der Waals surface area (Å²) in [5.41, 5.74) is 0. The van der Waals surface area contributed by atoms with E-state index in [1.165, 1.54) is 0 Å². The van der Waals surface area contributed by atoms with Gasteiger partial charge in [-0.2, -0.15) is 6.61 Å². The monoisotopic (exact) mass is 533 g/mol. The summed E-state index contributed by atoms with van der Waals surface area (Å²) < 4.78 is 15.2. The first-order chi connectivity index (χ1) is 9.45. The van der Waals surface area contributed by atoms with Crippen molar-refractivity contribution in [2.24, 2.45) is 0 Å². The van der Waals surface area contributed by atoms with Gasteiger partial charge in [0.2, 0.25) is 0 Å². The van der Waals surface area contributed by atoms with Crippen LogP contribution in [-0.2, 0) is 14.2 Å². The minimum atomic E-state index is -1.53. The van der Waals surface area contributed by atoms with Gasteiger partial charge in [-0.25, -0.2) is 0 Å². The van der Waals surface area contributed by atoms with Gasteiger partial charge in [0.05, 0.1) is 25.4 Å². The van der Waals surface area contributed by atoms with Gasteiger partial charge in [-0.3, -0.25) is 0 Å². The molecule has 10 heteroatoms. The third-order valence-electron chi connectivity index (χ3n) is 3.40. The van der Waals surface area contributed by atoms with Crippen LogP contribution in [0, 0.1) is 37.7 Å². The van der Waals surface area contributed by atoms with E-state index in [2.05, 4.69) is 0 Å². The van der Waals surface area contributed by atoms with Gasteiger partial charge in [-0.05, 0) is 6.10 Å². The maximum absolute atomic E-state index is 9.71. The van der Waals surface area contributed by atoms with Gasteiger partial charge in [-0.1, -0.05) is 0 Å². The summed E-state index contributed by atoms with van der Waals surface area (Å²) in [6.45, 7) is 0.295. The molecule has 0 spiro atoms. The Balaban J connectivity index is 0.00000220. The van der Waals surface area contributed by atoms with Crippen molar-refractivity contribution >= 4 is 0 Å². The van der Waals surface area contributed by atoms with Gasteiger partial charge in [0.1, 0.15) is 24.4 Å². The van der Waals surface area contributed by atoms with Crippen molar-refractivity contribution in [2.75, 3.05) is 13.2 Å². The predicted molar refractivity (Wildman–Crippen MR) is 60.9 cm³/mol. The second-order valence-corrected chi connectivity index (χ2v) is 4.82. The first kappa shape index (κ1) is 19.7. The topological polar surface area (TPSA) is 149 Å². The number of hydrogen-bond acceptors (Lipinski definition) is 9. The summed E-state index contributed by atoms with van der Waals surface area (Å²) in [6.07, 6.45) is -9.99.